The van der Waals surface area contributed by atoms with Gasteiger partial charge in [0.05, 0.1) is 18.0 Å². The lowest BCUT2D eigenvalue weighted by Gasteiger charge is -2.10. The Hall–Kier alpha value is -1.98. The second-order valence-corrected chi connectivity index (χ2v) is 6.13. The van der Waals surface area contributed by atoms with Crippen LogP contribution in [0.4, 0.5) is 0 Å². The van der Waals surface area contributed by atoms with Crippen LogP contribution >= 0.6 is 11.3 Å². The molecule has 0 aliphatic rings. The van der Waals surface area contributed by atoms with Gasteiger partial charge in [-0.3, -0.25) is 0 Å². The van der Waals surface area contributed by atoms with Gasteiger partial charge in [-0.2, -0.15) is 0 Å². The first-order chi connectivity index (χ1) is 10.2. The zero-order chi connectivity index (χ0) is 14.8. The van der Waals surface area contributed by atoms with Crippen LogP contribution < -0.4 is 0 Å². The minimum atomic E-state index is -0.0916. The van der Waals surface area contributed by atoms with Crippen molar-refractivity contribution in [1.29, 1.82) is 0 Å². The molecule has 3 aromatic rings. The fraction of sp³-hybridized carbons (Fsp3) is 0.250. The largest absolute Gasteiger partial charge is 0.390 e. The van der Waals surface area contributed by atoms with E-state index >= 15 is 0 Å². The van der Waals surface area contributed by atoms with Gasteiger partial charge in [0, 0.05) is 11.3 Å². The summed E-state index contributed by atoms with van der Waals surface area (Å²) < 4.78 is 1.85. The van der Waals surface area contributed by atoms with E-state index in [9.17, 15) is 5.11 Å². The van der Waals surface area contributed by atoms with Crippen LogP contribution in [0.2, 0.25) is 0 Å². The molecule has 5 heteroatoms. The highest BCUT2D eigenvalue weighted by Crippen LogP contribution is 2.22. The smallest absolute Gasteiger partial charge is 0.112 e. The van der Waals surface area contributed by atoms with Gasteiger partial charge in [0.1, 0.15) is 5.69 Å². The minimum Gasteiger partial charge on any atom is -0.390 e. The highest BCUT2D eigenvalue weighted by Gasteiger charge is 2.15. The van der Waals surface area contributed by atoms with Crippen molar-refractivity contribution in [2.75, 3.05) is 0 Å². The predicted molar refractivity (Wildman–Crippen MR) is 83.9 cm³/mol. The highest BCUT2D eigenvalue weighted by atomic mass is 32.1. The number of hydrogen-bond acceptors (Lipinski definition) is 4. The van der Waals surface area contributed by atoms with Crippen molar-refractivity contribution in [1.82, 2.24) is 15.0 Å². The SMILES string of the molecule is Cc1ccc(-n2nnc(CO)c2Cc2cccs2)c(C)c1. The van der Waals surface area contributed by atoms with Crippen LogP contribution in [0.15, 0.2) is 35.7 Å². The third-order valence-corrected chi connectivity index (χ3v) is 4.37. The Bertz CT molecular complexity index is 747. The molecule has 0 spiro atoms. The van der Waals surface area contributed by atoms with E-state index in [0.717, 1.165) is 23.4 Å². The first kappa shape index (κ1) is 14.0. The maximum absolute atomic E-state index is 9.51. The van der Waals surface area contributed by atoms with E-state index in [4.69, 9.17) is 0 Å². The van der Waals surface area contributed by atoms with Gasteiger partial charge in [-0.1, -0.05) is 29.0 Å². The van der Waals surface area contributed by atoms with Crippen LogP contribution in [0.25, 0.3) is 5.69 Å². The average Bonchev–Trinajstić information content (AvgIpc) is 3.09. The molecule has 1 aromatic carbocycles. The van der Waals surface area contributed by atoms with E-state index in [0.29, 0.717) is 5.69 Å². The van der Waals surface area contributed by atoms with Crippen LogP contribution in [0.3, 0.4) is 0 Å². The van der Waals surface area contributed by atoms with E-state index in [1.54, 1.807) is 11.3 Å². The molecule has 108 valence electrons. The number of benzene rings is 1. The molecule has 21 heavy (non-hydrogen) atoms. The lowest BCUT2D eigenvalue weighted by molar-refractivity contribution is 0.275. The summed E-state index contributed by atoms with van der Waals surface area (Å²) in [5.74, 6) is 0. The van der Waals surface area contributed by atoms with Crippen molar-refractivity contribution in [3.05, 3.63) is 63.1 Å². The number of hydrogen-bond donors (Lipinski definition) is 1. The van der Waals surface area contributed by atoms with E-state index in [1.807, 2.05) is 10.7 Å². The van der Waals surface area contributed by atoms with Gasteiger partial charge in [0.2, 0.25) is 0 Å². The fourth-order valence-corrected chi connectivity index (χ4v) is 3.16. The van der Waals surface area contributed by atoms with E-state index in [2.05, 4.69) is 53.8 Å². The normalized spacial score (nSPS) is 11.0. The molecule has 0 saturated carbocycles. The Kier molecular flexibility index (Phi) is 3.86. The maximum Gasteiger partial charge on any atom is 0.112 e. The second-order valence-electron chi connectivity index (χ2n) is 5.10. The topological polar surface area (TPSA) is 50.9 Å². The second kappa shape index (κ2) is 5.79. The summed E-state index contributed by atoms with van der Waals surface area (Å²) in [5.41, 5.74) is 4.98. The Labute approximate surface area is 127 Å². The van der Waals surface area contributed by atoms with Crippen molar-refractivity contribution in [3.8, 4) is 5.69 Å². The quantitative estimate of drug-likeness (QED) is 0.805. The van der Waals surface area contributed by atoms with Gasteiger partial charge in [-0.15, -0.1) is 16.4 Å². The van der Waals surface area contributed by atoms with Crippen molar-refractivity contribution in [2.45, 2.75) is 26.9 Å². The maximum atomic E-state index is 9.51. The number of aromatic nitrogens is 3. The van der Waals surface area contributed by atoms with E-state index in [-0.39, 0.29) is 6.61 Å². The molecule has 0 unspecified atom stereocenters. The molecule has 1 N–H and O–H groups in total. The minimum absolute atomic E-state index is 0.0916. The highest BCUT2D eigenvalue weighted by molar-refractivity contribution is 7.09. The van der Waals surface area contributed by atoms with Gasteiger partial charge < -0.3 is 5.11 Å². The van der Waals surface area contributed by atoms with Gasteiger partial charge >= 0.3 is 0 Å². The fourth-order valence-electron chi connectivity index (χ4n) is 2.45. The number of nitrogens with zero attached hydrogens (tertiary/aromatic N) is 3. The number of thiophene rings is 1. The molecule has 0 atom stereocenters. The molecule has 0 aliphatic heterocycles. The van der Waals surface area contributed by atoms with E-state index < -0.39 is 0 Å². The summed E-state index contributed by atoms with van der Waals surface area (Å²) in [7, 11) is 0. The monoisotopic (exact) mass is 299 g/mol. The molecule has 0 bridgehead atoms. The standard InChI is InChI=1S/C16H17N3OS/c1-11-5-6-15(12(2)8-11)19-16(14(10-20)17-18-19)9-13-4-3-7-21-13/h3-8,20H,9-10H2,1-2H3. The molecule has 0 fully saturated rings. The number of aliphatic hydroxyl groups excluding tert-OH is 1. The van der Waals surface area contributed by atoms with Crippen LogP contribution in [-0.2, 0) is 13.0 Å². The summed E-state index contributed by atoms with van der Waals surface area (Å²) in [6, 6.07) is 10.4. The Morgan fingerprint density at radius 3 is 2.76 bits per heavy atom. The lowest BCUT2D eigenvalue weighted by Crippen LogP contribution is -2.06. The molecule has 0 saturated heterocycles. The Morgan fingerprint density at radius 1 is 1.24 bits per heavy atom. The molecule has 0 radical (unpaired) electrons. The van der Waals surface area contributed by atoms with Crippen molar-refractivity contribution in [3.63, 3.8) is 0 Å². The summed E-state index contributed by atoms with van der Waals surface area (Å²) in [6.07, 6.45) is 0.730. The molecule has 4 nitrogen and oxygen atoms in total. The molecule has 3 rings (SSSR count). The van der Waals surface area contributed by atoms with Crippen LogP contribution in [0, 0.1) is 13.8 Å². The predicted octanol–water partition coefficient (Wildman–Crippen LogP) is 3.03. The summed E-state index contributed by atoms with van der Waals surface area (Å²) in [5, 5.41) is 19.9. The first-order valence-electron chi connectivity index (χ1n) is 6.83. The van der Waals surface area contributed by atoms with Crippen LogP contribution in [0.5, 0.6) is 0 Å². The van der Waals surface area contributed by atoms with Crippen LogP contribution in [0.1, 0.15) is 27.4 Å². The lowest BCUT2D eigenvalue weighted by atomic mass is 10.1. The zero-order valence-electron chi connectivity index (χ0n) is 12.1. The molecule has 2 aromatic heterocycles. The summed E-state index contributed by atoms with van der Waals surface area (Å²) >= 11 is 1.70. The molecule has 2 heterocycles. The van der Waals surface area contributed by atoms with Gasteiger partial charge in [0.15, 0.2) is 0 Å². The first-order valence-corrected chi connectivity index (χ1v) is 7.71. The average molecular weight is 299 g/mol. The van der Waals surface area contributed by atoms with Crippen molar-refractivity contribution >= 4 is 11.3 Å². The summed E-state index contributed by atoms with van der Waals surface area (Å²) in [6.45, 7) is 4.05. The number of rotatable bonds is 4. The Balaban J connectivity index is 2.08. The molecule has 0 amide bonds. The molecular weight excluding hydrogens is 282 g/mol. The van der Waals surface area contributed by atoms with Crippen molar-refractivity contribution < 1.29 is 5.11 Å². The third kappa shape index (κ3) is 2.75. The van der Waals surface area contributed by atoms with Gasteiger partial charge in [-0.05, 0) is 36.9 Å². The van der Waals surface area contributed by atoms with Crippen LogP contribution in [-0.4, -0.2) is 20.1 Å². The third-order valence-electron chi connectivity index (χ3n) is 3.50. The zero-order valence-corrected chi connectivity index (χ0v) is 12.9. The van der Waals surface area contributed by atoms with E-state index in [1.165, 1.54) is 10.4 Å². The number of aliphatic hydroxyl groups is 1. The number of aryl methyl sites for hydroxylation is 2. The Morgan fingerprint density at radius 2 is 2.10 bits per heavy atom. The van der Waals surface area contributed by atoms with Crippen molar-refractivity contribution in [2.24, 2.45) is 0 Å². The van der Waals surface area contributed by atoms with Gasteiger partial charge in [0.25, 0.3) is 0 Å². The molecule has 0 aliphatic carbocycles. The molecular formula is C16H17N3OS. The summed E-state index contributed by atoms with van der Waals surface area (Å²) in [4.78, 5) is 1.23. The van der Waals surface area contributed by atoms with Gasteiger partial charge in [-0.25, -0.2) is 4.68 Å².